The van der Waals surface area contributed by atoms with Gasteiger partial charge in [0.05, 0.1) is 6.61 Å². The molecule has 298 valence electrons. The van der Waals surface area contributed by atoms with Gasteiger partial charge >= 0.3 is 17.8 Å². The van der Waals surface area contributed by atoms with E-state index in [2.05, 4.69) is 31.1 Å². The second-order valence-corrected chi connectivity index (χ2v) is 14.0. The second kappa shape index (κ2) is 17.4. The number of carbonyl (C=O) groups excluding carboxylic acids is 3. The van der Waals surface area contributed by atoms with E-state index in [1.54, 1.807) is 19.1 Å². The highest BCUT2D eigenvalue weighted by molar-refractivity contribution is 5.98. The summed E-state index contributed by atoms with van der Waals surface area (Å²) in [5, 5.41) is 31.4. The normalized spacial score (nSPS) is 17.1. The molecule has 8 N–H and O–H groups in total. The summed E-state index contributed by atoms with van der Waals surface area (Å²) in [4.78, 5) is 53.8. The van der Waals surface area contributed by atoms with Crippen molar-refractivity contribution in [2.75, 3.05) is 18.5 Å². The van der Waals surface area contributed by atoms with Gasteiger partial charge in [-0.05, 0) is 111 Å². The number of carbonyl (C=O) groups is 4. The Bertz CT molecular complexity index is 2030. The lowest BCUT2D eigenvalue weighted by molar-refractivity contribution is -0.231. The van der Waals surface area contributed by atoms with Crippen LogP contribution in [0.3, 0.4) is 0 Å². The average Bonchev–Trinajstić information content (AvgIpc) is 3.69. The quantitative estimate of drug-likeness (QED) is 0.0825. The van der Waals surface area contributed by atoms with Crippen LogP contribution >= 0.6 is 0 Å². The fraction of sp³-hybridized carbons (Fsp3) is 0.385. The van der Waals surface area contributed by atoms with Crippen LogP contribution in [0.5, 0.6) is 0 Å². The number of H-pyrrole nitrogens is 1. The lowest BCUT2D eigenvalue weighted by Crippen LogP contribution is -2.48. The molecule has 1 aliphatic rings. The topological polar surface area (TPSA) is 212 Å². The molecule has 2 atom stereocenters. The van der Waals surface area contributed by atoms with E-state index in [4.69, 9.17) is 10.8 Å². The first-order chi connectivity index (χ1) is 26.5. The number of anilines is 1. The maximum atomic E-state index is 14.2. The van der Waals surface area contributed by atoms with E-state index in [0.29, 0.717) is 30.9 Å². The van der Waals surface area contributed by atoms with Gasteiger partial charge in [-0.2, -0.15) is 22.7 Å². The Labute approximate surface area is 319 Å². The van der Waals surface area contributed by atoms with Gasteiger partial charge in [0.15, 0.2) is 5.82 Å². The van der Waals surface area contributed by atoms with Gasteiger partial charge in [-0.3, -0.25) is 19.5 Å². The first-order valence-corrected chi connectivity index (χ1v) is 18.0. The monoisotopic (exact) mass is 781 g/mol. The number of halogens is 4. The number of carboxylic acid groups (broad SMARTS) is 1. The molecule has 0 radical (unpaired) electrons. The van der Waals surface area contributed by atoms with Crippen LogP contribution in [0.25, 0.3) is 22.5 Å². The summed E-state index contributed by atoms with van der Waals surface area (Å²) in [5.74, 6) is -16.8. The molecule has 1 aliphatic carbocycles. The molecule has 56 heavy (non-hydrogen) atoms. The van der Waals surface area contributed by atoms with Gasteiger partial charge in [-0.1, -0.05) is 30.3 Å². The van der Waals surface area contributed by atoms with E-state index in [-0.39, 0.29) is 47.8 Å². The van der Waals surface area contributed by atoms with Gasteiger partial charge in [0.25, 0.3) is 5.91 Å². The van der Waals surface area contributed by atoms with Crippen molar-refractivity contribution in [3.05, 3.63) is 89.2 Å². The minimum absolute atomic E-state index is 0.124. The maximum Gasteiger partial charge on any atom is 0.411 e. The van der Waals surface area contributed by atoms with Crippen LogP contribution in [0.2, 0.25) is 0 Å². The van der Waals surface area contributed by atoms with Crippen molar-refractivity contribution < 1.29 is 47.0 Å². The summed E-state index contributed by atoms with van der Waals surface area (Å²) in [6, 6.07) is 16.9. The Morgan fingerprint density at radius 2 is 1.57 bits per heavy atom. The molecular formula is C39H43F4N7O6. The van der Waals surface area contributed by atoms with Crippen LogP contribution in [0.4, 0.5) is 23.2 Å². The van der Waals surface area contributed by atoms with Crippen molar-refractivity contribution in [1.29, 1.82) is 0 Å². The molecule has 0 aliphatic heterocycles. The summed E-state index contributed by atoms with van der Waals surface area (Å²) < 4.78 is 55.7. The largest absolute Gasteiger partial charge is 0.477 e. The fourth-order valence-corrected chi connectivity index (χ4v) is 6.44. The van der Waals surface area contributed by atoms with E-state index in [1.165, 1.54) is 24.3 Å². The molecule has 3 aromatic carbocycles. The van der Waals surface area contributed by atoms with Crippen LogP contribution in [0, 0.1) is 18.8 Å². The summed E-state index contributed by atoms with van der Waals surface area (Å²) in [5.41, 5.74) is 10.0. The molecule has 13 nitrogen and oxygen atoms in total. The molecule has 1 fully saturated rings. The zero-order chi connectivity index (χ0) is 40.8. The molecule has 1 unspecified atom stereocenters. The number of rotatable bonds is 15. The first kappa shape index (κ1) is 41.5. The Balaban J connectivity index is 1.31. The Morgan fingerprint density at radius 1 is 0.929 bits per heavy atom. The maximum absolute atomic E-state index is 14.2. The average molecular weight is 782 g/mol. The summed E-state index contributed by atoms with van der Waals surface area (Å²) >= 11 is 0. The summed E-state index contributed by atoms with van der Waals surface area (Å²) in [6.07, 6.45) is 3.02. The predicted octanol–water partition coefficient (Wildman–Crippen LogP) is 4.80. The number of amides is 3. The fourth-order valence-electron chi connectivity index (χ4n) is 6.44. The number of hydrogen-bond acceptors (Lipinski definition) is 8. The summed E-state index contributed by atoms with van der Waals surface area (Å²) in [7, 11) is 0. The number of nitrogens with one attached hydrogen (secondary N) is 4. The SMILES string of the molecule is Cc1cc(C(=O)N[C@@H](C)CO)ccc1-c1ccc(CC(NC(=O)[C@H]2CC[C@H](CN)CC2)C(=O)Nc2ccc(-c3nc(C(F)(F)C(F)(F)C(=O)O)n[nH]3)cc2)cc1. The van der Waals surface area contributed by atoms with Gasteiger partial charge < -0.3 is 31.9 Å². The van der Waals surface area contributed by atoms with Crippen molar-refractivity contribution >= 4 is 29.4 Å². The minimum atomic E-state index is -5.45. The van der Waals surface area contributed by atoms with Crippen molar-refractivity contribution in [2.45, 2.75) is 69.9 Å². The van der Waals surface area contributed by atoms with Gasteiger partial charge in [0, 0.05) is 35.2 Å². The highest BCUT2D eigenvalue weighted by Crippen LogP contribution is 2.42. The number of aliphatic carboxylic acids is 1. The van der Waals surface area contributed by atoms with E-state index in [9.17, 15) is 41.8 Å². The third-order valence-electron chi connectivity index (χ3n) is 9.88. The lowest BCUT2D eigenvalue weighted by atomic mass is 9.81. The van der Waals surface area contributed by atoms with Gasteiger partial charge in [0.2, 0.25) is 17.6 Å². The number of aliphatic hydroxyl groups is 1. The lowest BCUT2D eigenvalue weighted by Gasteiger charge is -2.28. The van der Waals surface area contributed by atoms with Crippen LogP contribution in [0.15, 0.2) is 66.7 Å². The molecule has 1 heterocycles. The molecule has 3 amide bonds. The number of aliphatic hydroxyl groups excluding tert-OH is 1. The molecule has 0 spiro atoms. The zero-order valence-electron chi connectivity index (χ0n) is 30.6. The van der Waals surface area contributed by atoms with E-state index >= 15 is 0 Å². The van der Waals surface area contributed by atoms with Gasteiger partial charge in [0.1, 0.15) is 6.04 Å². The molecule has 0 saturated heterocycles. The molecule has 17 heteroatoms. The number of carboxylic acids is 1. The predicted molar refractivity (Wildman–Crippen MR) is 198 cm³/mol. The van der Waals surface area contributed by atoms with Crippen LogP contribution in [0.1, 0.15) is 59.9 Å². The summed E-state index contributed by atoms with van der Waals surface area (Å²) in [6.45, 7) is 3.94. The Hall–Kier alpha value is -5.68. The Kier molecular flexibility index (Phi) is 12.9. The van der Waals surface area contributed by atoms with Crippen molar-refractivity contribution in [3.8, 4) is 22.5 Å². The number of alkyl halides is 4. The molecule has 4 aromatic rings. The number of aromatic amines is 1. The highest BCUT2D eigenvalue weighted by atomic mass is 19.3. The number of nitrogens with two attached hydrogens (primary N) is 1. The number of benzene rings is 3. The van der Waals surface area contributed by atoms with Gasteiger partial charge in [-0.25, -0.2) is 9.78 Å². The second-order valence-electron chi connectivity index (χ2n) is 14.0. The molecule has 0 bridgehead atoms. The highest BCUT2D eigenvalue weighted by Gasteiger charge is 2.66. The smallest absolute Gasteiger partial charge is 0.411 e. The molecule has 1 aromatic heterocycles. The molecular weight excluding hydrogens is 738 g/mol. The van der Waals surface area contributed by atoms with Crippen LogP contribution < -0.4 is 21.7 Å². The Morgan fingerprint density at radius 3 is 2.16 bits per heavy atom. The minimum Gasteiger partial charge on any atom is -0.477 e. The standard InChI is InChI=1S/C39H43F4N7O6/c1-21-17-28(34(53)45-22(2)20-51)13-16-30(21)25-7-3-23(4-8-25)18-31(47-33(52)27-9-5-24(19-44)6-10-27)35(54)46-29-14-11-26(12-15-29)32-48-36(50-49-32)38(40,41)39(42,43)37(55)56/h3-4,7-8,11-17,22,24,27,31,51H,5-6,9-10,18-20,44H2,1-2H3,(H,45,53)(H,46,54)(H,47,52)(H,55,56)(H,48,49,50)/t22-,24-,27-,31?/m0/s1. The molecule has 1 saturated carbocycles. The number of aromatic nitrogens is 3. The van der Waals surface area contributed by atoms with Crippen molar-refractivity contribution in [1.82, 2.24) is 25.8 Å². The molecule has 5 rings (SSSR count). The zero-order valence-corrected chi connectivity index (χ0v) is 30.6. The van der Waals surface area contributed by atoms with E-state index < -0.39 is 41.6 Å². The number of nitrogens with zero attached hydrogens (tertiary/aromatic N) is 2. The van der Waals surface area contributed by atoms with Crippen molar-refractivity contribution in [2.24, 2.45) is 17.6 Å². The number of hydrogen-bond donors (Lipinski definition) is 7. The third-order valence-corrected chi connectivity index (χ3v) is 9.88. The van der Waals surface area contributed by atoms with E-state index in [1.807, 2.05) is 37.3 Å². The van der Waals surface area contributed by atoms with Crippen molar-refractivity contribution in [3.63, 3.8) is 0 Å². The van der Waals surface area contributed by atoms with Crippen LogP contribution in [-0.2, 0) is 26.7 Å². The van der Waals surface area contributed by atoms with Crippen LogP contribution in [-0.4, -0.2) is 80.2 Å². The third kappa shape index (κ3) is 9.39. The van der Waals surface area contributed by atoms with Gasteiger partial charge in [-0.15, -0.1) is 0 Å². The van der Waals surface area contributed by atoms with E-state index in [0.717, 1.165) is 35.1 Å². The first-order valence-electron chi connectivity index (χ1n) is 18.0. The number of aryl methyl sites for hydroxylation is 1.